The van der Waals surface area contributed by atoms with Crippen LogP contribution in [0.2, 0.25) is 0 Å². The summed E-state index contributed by atoms with van der Waals surface area (Å²) in [6, 6.07) is 18.4. The summed E-state index contributed by atoms with van der Waals surface area (Å²) in [6.45, 7) is 3.18. The van der Waals surface area contributed by atoms with Crippen molar-refractivity contribution in [3.8, 4) is 11.1 Å². The number of benzene rings is 2. The van der Waals surface area contributed by atoms with Gasteiger partial charge in [-0.3, -0.25) is 9.59 Å². The van der Waals surface area contributed by atoms with Crippen molar-refractivity contribution in [3.63, 3.8) is 0 Å². The van der Waals surface area contributed by atoms with Gasteiger partial charge in [-0.15, -0.1) is 0 Å². The number of carbonyl (C=O) groups excluding carboxylic acids is 2. The first-order valence-electron chi connectivity index (χ1n) is 10.2. The van der Waals surface area contributed by atoms with Crippen LogP contribution < -0.4 is 0 Å². The molecule has 3 rings (SSSR count). The Morgan fingerprint density at radius 1 is 1.07 bits per heavy atom. The molecule has 1 saturated heterocycles. The molecule has 29 heavy (non-hydrogen) atoms. The molecule has 5 nitrogen and oxygen atoms in total. The minimum Gasteiger partial charge on any atom is -0.361 e. The van der Waals surface area contributed by atoms with Crippen LogP contribution in [0.15, 0.2) is 54.6 Å². The van der Waals surface area contributed by atoms with Crippen molar-refractivity contribution >= 4 is 11.8 Å². The number of nitrogens with zero attached hydrogens (tertiary/aromatic N) is 2. The Morgan fingerprint density at radius 3 is 2.48 bits per heavy atom. The topological polar surface area (TPSA) is 49.9 Å². The van der Waals surface area contributed by atoms with Gasteiger partial charge in [0.15, 0.2) is 5.60 Å². The lowest BCUT2D eigenvalue weighted by molar-refractivity contribution is -0.172. The number of ether oxygens (including phenoxy) is 1. The maximum Gasteiger partial charge on any atom is 0.256 e. The molecule has 2 aromatic rings. The lowest BCUT2D eigenvalue weighted by Gasteiger charge is -2.43. The highest BCUT2D eigenvalue weighted by atomic mass is 16.5. The summed E-state index contributed by atoms with van der Waals surface area (Å²) >= 11 is 0. The maximum absolute atomic E-state index is 13.2. The van der Waals surface area contributed by atoms with Crippen molar-refractivity contribution < 1.29 is 14.3 Å². The smallest absolute Gasteiger partial charge is 0.256 e. The summed E-state index contributed by atoms with van der Waals surface area (Å²) in [5.74, 6) is -0.0126. The van der Waals surface area contributed by atoms with Crippen LogP contribution in [0.4, 0.5) is 0 Å². The number of amides is 2. The molecule has 1 fully saturated rings. The molecule has 0 aliphatic carbocycles. The number of hydrogen-bond donors (Lipinski definition) is 0. The second kappa shape index (κ2) is 9.23. The van der Waals surface area contributed by atoms with E-state index in [0.29, 0.717) is 32.5 Å². The Hall–Kier alpha value is -2.66. The number of likely N-dealkylation sites (N-methyl/N-ethyl adjacent to an activating group) is 1. The minimum absolute atomic E-state index is 0.0877. The molecule has 0 spiro atoms. The first kappa shape index (κ1) is 21.1. The fraction of sp³-hybridized carbons (Fsp3) is 0.417. The molecule has 2 amide bonds. The van der Waals surface area contributed by atoms with Gasteiger partial charge in [0.25, 0.3) is 5.91 Å². The van der Waals surface area contributed by atoms with Gasteiger partial charge in [-0.2, -0.15) is 0 Å². The van der Waals surface area contributed by atoms with Gasteiger partial charge in [-0.25, -0.2) is 0 Å². The number of hydrogen-bond acceptors (Lipinski definition) is 3. The predicted octanol–water partition coefficient (Wildman–Crippen LogP) is 3.38. The molecule has 154 valence electrons. The maximum atomic E-state index is 13.2. The molecule has 1 atom stereocenters. The number of rotatable bonds is 6. The molecule has 0 unspecified atom stereocenters. The van der Waals surface area contributed by atoms with Gasteiger partial charge in [-0.1, -0.05) is 61.5 Å². The second-order valence-electron chi connectivity index (χ2n) is 7.85. The van der Waals surface area contributed by atoms with Crippen LogP contribution in [0.1, 0.15) is 25.3 Å². The van der Waals surface area contributed by atoms with Gasteiger partial charge in [-0.05, 0) is 23.1 Å². The van der Waals surface area contributed by atoms with E-state index >= 15 is 0 Å². The van der Waals surface area contributed by atoms with Crippen LogP contribution in [0.25, 0.3) is 11.1 Å². The average molecular weight is 395 g/mol. The Labute approximate surface area is 173 Å². The van der Waals surface area contributed by atoms with E-state index in [2.05, 4.69) is 24.3 Å². The van der Waals surface area contributed by atoms with E-state index in [1.807, 2.05) is 37.3 Å². The second-order valence-corrected chi connectivity index (χ2v) is 7.85. The van der Waals surface area contributed by atoms with E-state index in [-0.39, 0.29) is 11.8 Å². The summed E-state index contributed by atoms with van der Waals surface area (Å²) < 4.78 is 6.11. The minimum atomic E-state index is -1.06. The van der Waals surface area contributed by atoms with Crippen molar-refractivity contribution in [2.24, 2.45) is 0 Å². The van der Waals surface area contributed by atoms with Crippen LogP contribution in [0, 0.1) is 0 Å². The quantitative estimate of drug-likeness (QED) is 0.755. The van der Waals surface area contributed by atoms with Crippen molar-refractivity contribution in [3.05, 3.63) is 60.2 Å². The normalized spacial score (nSPS) is 19.1. The molecule has 1 heterocycles. The Morgan fingerprint density at radius 2 is 1.79 bits per heavy atom. The van der Waals surface area contributed by atoms with E-state index in [1.54, 1.807) is 23.9 Å². The zero-order chi connectivity index (χ0) is 20.9. The molecule has 0 aromatic heterocycles. The van der Waals surface area contributed by atoms with Crippen LogP contribution in [-0.4, -0.2) is 61.0 Å². The van der Waals surface area contributed by atoms with E-state index in [9.17, 15) is 9.59 Å². The highest BCUT2D eigenvalue weighted by Crippen LogP contribution is 2.28. The first-order valence-corrected chi connectivity index (χ1v) is 10.2. The predicted molar refractivity (Wildman–Crippen MR) is 114 cm³/mol. The van der Waals surface area contributed by atoms with E-state index in [0.717, 1.165) is 23.1 Å². The zero-order valence-corrected chi connectivity index (χ0v) is 17.6. The fourth-order valence-corrected chi connectivity index (χ4v) is 3.91. The number of carbonyl (C=O) groups is 2. The molecule has 0 N–H and O–H groups in total. The standard InChI is InChI=1S/C24H30N2O3/c1-4-9-22(27)26-14-15-29-24(18-26,23(28)25(2)3)17-19-10-8-13-21(16-19)20-11-6-5-7-12-20/h5-8,10-13,16H,4,9,14-15,17-18H2,1-3H3/t24-/m0/s1. The molecule has 0 saturated carbocycles. The van der Waals surface area contributed by atoms with Crippen molar-refractivity contribution in [1.82, 2.24) is 9.80 Å². The third kappa shape index (κ3) is 4.85. The van der Waals surface area contributed by atoms with Crippen LogP contribution in [-0.2, 0) is 20.7 Å². The molecule has 1 aliphatic heterocycles. The third-order valence-corrected chi connectivity index (χ3v) is 5.32. The summed E-state index contributed by atoms with van der Waals surface area (Å²) in [7, 11) is 3.47. The van der Waals surface area contributed by atoms with E-state index in [1.165, 1.54) is 0 Å². The van der Waals surface area contributed by atoms with Crippen LogP contribution >= 0.6 is 0 Å². The molecule has 0 radical (unpaired) electrons. The fourth-order valence-electron chi connectivity index (χ4n) is 3.91. The average Bonchev–Trinajstić information content (AvgIpc) is 2.74. The van der Waals surface area contributed by atoms with Gasteiger partial charge in [0, 0.05) is 33.5 Å². The summed E-state index contributed by atoms with van der Waals surface area (Å²) in [5.41, 5.74) is 2.20. The van der Waals surface area contributed by atoms with Crippen molar-refractivity contribution in [2.45, 2.75) is 31.8 Å². The molecular formula is C24H30N2O3. The van der Waals surface area contributed by atoms with Crippen molar-refractivity contribution in [2.75, 3.05) is 33.8 Å². The lowest BCUT2D eigenvalue weighted by atomic mass is 9.89. The molecule has 5 heteroatoms. The van der Waals surface area contributed by atoms with Gasteiger partial charge < -0.3 is 14.5 Å². The zero-order valence-electron chi connectivity index (χ0n) is 17.6. The van der Waals surface area contributed by atoms with Crippen LogP contribution in [0.5, 0.6) is 0 Å². The van der Waals surface area contributed by atoms with Crippen LogP contribution in [0.3, 0.4) is 0 Å². The summed E-state index contributed by atoms with van der Waals surface area (Å²) in [4.78, 5) is 29.0. The Kier molecular flexibility index (Phi) is 6.70. The molecular weight excluding hydrogens is 364 g/mol. The first-order chi connectivity index (χ1) is 13.9. The van der Waals surface area contributed by atoms with E-state index in [4.69, 9.17) is 4.74 Å². The highest BCUT2D eigenvalue weighted by molar-refractivity contribution is 5.87. The van der Waals surface area contributed by atoms with E-state index < -0.39 is 5.60 Å². The van der Waals surface area contributed by atoms with Gasteiger partial charge >= 0.3 is 0 Å². The summed E-state index contributed by atoms with van der Waals surface area (Å²) in [6.07, 6.45) is 1.72. The largest absolute Gasteiger partial charge is 0.361 e. The summed E-state index contributed by atoms with van der Waals surface area (Å²) in [5, 5.41) is 0. The van der Waals surface area contributed by atoms with Crippen molar-refractivity contribution in [1.29, 1.82) is 0 Å². The van der Waals surface area contributed by atoms with Gasteiger partial charge in [0.1, 0.15) is 0 Å². The lowest BCUT2D eigenvalue weighted by Crippen LogP contribution is -2.61. The molecule has 1 aliphatic rings. The Bertz CT molecular complexity index is 850. The van der Waals surface area contributed by atoms with Gasteiger partial charge in [0.2, 0.25) is 5.91 Å². The third-order valence-electron chi connectivity index (χ3n) is 5.32. The monoisotopic (exact) mass is 394 g/mol. The van der Waals surface area contributed by atoms with Gasteiger partial charge in [0.05, 0.1) is 13.2 Å². The highest BCUT2D eigenvalue weighted by Gasteiger charge is 2.45. The molecule has 2 aromatic carbocycles. The SMILES string of the molecule is CCCC(=O)N1CCO[C@](Cc2cccc(-c3ccccc3)c2)(C(=O)N(C)C)C1. The molecule has 0 bridgehead atoms. The number of morpholine rings is 1. The Balaban J connectivity index is 1.90.